The van der Waals surface area contributed by atoms with Gasteiger partial charge in [-0.3, -0.25) is 9.59 Å². The van der Waals surface area contributed by atoms with Crippen LogP contribution in [0, 0.1) is 5.92 Å². The van der Waals surface area contributed by atoms with Crippen LogP contribution in [0.1, 0.15) is 34.3 Å². The van der Waals surface area contributed by atoms with E-state index in [2.05, 4.69) is 24.3 Å². The maximum Gasteiger partial charge on any atom is 0.257 e. The van der Waals surface area contributed by atoms with Gasteiger partial charge in [0.2, 0.25) is 5.91 Å². The molecule has 5 nitrogen and oxygen atoms in total. The van der Waals surface area contributed by atoms with Crippen LogP contribution in [0.4, 0.5) is 0 Å². The fourth-order valence-corrected chi connectivity index (χ4v) is 4.17. The van der Waals surface area contributed by atoms with E-state index in [1.807, 2.05) is 41.3 Å². The summed E-state index contributed by atoms with van der Waals surface area (Å²) < 4.78 is 5.06. The number of likely N-dealkylation sites (tertiary alicyclic amines) is 1. The van der Waals surface area contributed by atoms with Gasteiger partial charge in [0.05, 0.1) is 17.7 Å². The van der Waals surface area contributed by atoms with Gasteiger partial charge in [0.25, 0.3) is 5.91 Å². The number of benzene rings is 2. The summed E-state index contributed by atoms with van der Waals surface area (Å²) in [6.07, 6.45) is 5.42. The van der Waals surface area contributed by atoms with Gasteiger partial charge < -0.3 is 14.2 Å². The van der Waals surface area contributed by atoms with Crippen LogP contribution in [-0.4, -0.2) is 41.2 Å². The average Bonchev–Trinajstić information content (AvgIpc) is 3.37. The average molecular weight is 417 g/mol. The molecule has 1 saturated heterocycles. The van der Waals surface area contributed by atoms with E-state index >= 15 is 0 Å². The van der Waals surface area contributed by atoms with Crippen molar-refractivity contribution in [2.45, 2.75) is 25.8 Å². The first kappa shape index (κ1) is 20.9. The first-order valence-electron chi connectivity index (χ1n) is 10.9. The first-order valence-corrected chi connectivity index (χ1v) is 10.9. The second-order valence-electron chi connectivity index (χ2n) is 8.08. The summed E-state index contributed by atoms with van der Waals surface area (Å²) in [7, 11) is 0. The van der Waals surface area contributed by atoms with Crippen molar-refractivity contribution in [2.75, 3.05) is 19.6 Å². The van der Waals surface area contributed by atoms with Crippen molar-refractivity contribution in [2.24, 2.45) is 5.92 Å². The van der Waals surface area contributed by atoms with Crippen molar-refractivity contribution in [3.8, 4) is 0 Å². The Bertz CT molecular complexity index is 970. The summed E-state index contributed by atoms with van der Waals surface area (Å²) in [5.74, 6) is -0.112. The topological polar surface area (TPSA) is 53.8 Å². The summed E-state index contributed by atoms with van der Waals surface area (Å²) in [5, 5.41) is 0. The second-order valence-corrected chi connectivity index (χ2v) is 8.08. The van der Waals surface area contributed by atoms with Crippen molar-refractivity contribution in [1.82, 2.24) is 9.80 Å². The van der Waals surface area contributed by atoms with Crippen LogP contribution in [0.25, 0.3) is 0 Å². The molecule has 31 heavy (non-hydrogen) atoms. The minimum Gasteiger partial charge on any atom is -0.472 e. The van der Waals surface area contributed by atoms with Gasteiger partial charge in [-0.25, -0.2) is 0 Å². The highest BCUT2D eigenvalue weighted by atomic mass is 16.3. The molecule has 2 amide bonds. The molecule has 0 bridgehead atoms. The van der Waals surface area contributed by atoms with Crippen LogP contribution in [0.15, 0.2) is 83.7 Å². The summed E-state index contributed by atoms with van der Waals surface area (Å²) in [5.41, 5.74) is 2.87. The Hall–Kier alpha value is -3.34. The third kappa shape index (κ3) is 5.43. The molecule has 0 radical (unpaired) electrons. The van der Waals surface area contributed by atoms with Crippen LogP contribution < -0.4 is 0 Å². The molecule has 4 rings (SSSR count). The summed E-state index contributed by atoms with van der Waals surface area (Å²) in [6, 6.07) is 22.0. The maximum absolute atomic E-state index is 13.5. The fraction of sp³-hybridized carbons (Fsp3) is 0.308. The van der Waals surface area contributed by atoms with Gasteiger partial charge >= 0.3 is 0 Å². The van der Waals surface area contributed by atoms with Crippen LogP contribution in [0.3, 0.4) is 0 Å². The molecule has 1 atom stereocenters. The van der Waals surface area contributed by atoms with Crippen LogP contribution in [0.2, 0.25) is 0 Å². The Morgan fingerprint density at radius 2 is 1.68 bits per heavy atom. The van der Waals surface area contributed by atoms with Crippen LogP contribution in [-0.2, 0) is 17.8 Å². The van der Waals surface area contributed by atoms with E-state index in [-0.39, 0.29) is 17.7 Å². The molecule has 1 aliphatic rings. The molecule has 2 heterocycles. The maximum atomic E-state index is 13.5. The molecule has 1 aliphatic heterocycles. The predicted molar refractivity (Wildman–Crippen MR) is 119 cm³/mol. The highest BCUT2D eigenvalue weighted by Gasteiger charge is 2.31. The molecule has 2 aromatic carbocycles. The summed E-state index contributed by atoms with van der Waals surface area (Å²) in [6.45, 7) is 2.37. The number of hydrogen-bond acceptors (Lipinski definition) is 3. The van der Waals surface area contributed by atoms with E-state index < -0.39 is 0 Å². The number of piperidine rings is 1. The Balaban J connectivity index is 1.46. The van der Waals surface area contributed by atoms with Gasteiger partial charge in [0, 0.05) is 26.2 Å². The zero-order valence-electron chi connectivity index (χ0n) is 17.7. The monoisotopic (exact) mass is 416 g/mol. The first-order chi connectivity index (χ1) is 15.2. The van der Waals surface area contributed by atoms with Gasteiger partial charge in [0.15, 0.2) is 0 Å². The standard InChI is InChI=1S/C26H28N2O3/c29-25(23-12-7-15-27(19-23)26(30)24-14-17-31-20-24)28(18-22-10-5-2-6-11-22)16-13-21-8-3-1-4-9-21/h1-6,8-11,14,17,20,23H,7,12-13,15-16,18-19H2. The number of rotatable bonds is 7. The zero-order valence-corrected chi connectivity index (χ0v) is 17.7. The molecular weight excluding hydrogens is 388 g/mol. The molecule has 0 aliphatic carbocycles. The van der Waals surface area contributed by atoms with E-state index in [1.54, 1.807) is 11.0 Å². The van der Waals surface area contributed by atoms with Gasteiger partial charge in [-0.1, -0.05) is 60.7 Å². The summed E-state index contributed by atoms with van der Waals surface area (Å²) in [4.78, 5) is 30.0. The van der Waals surface area contributed by atoms with Crippen molar-refractivity contribution >= 4 is 11.8 Å². The van der Waals surface area contributed by atoms with Crippen LogP contribution in [0.5, 0.6) is 0 Å². The largest absolute Gasteiger partial charge is 0.472 e. The normalized spacial score (nSPS) is 16.1. The number of furan rings is 1. The van der Waals surface area contributed by atoms with Crippen LogP contribution >= 0.6 is 0 Å². The number of hydrogen-bond donors (Lipinski definition) is 0. The molecule has 1 unspecified atom stereocenters. The number of amides is 2. The lowest BCUT2D eigenvalue weighted by molar-refractivity contribution is -0.137. The molecule has 0 saturated carbocycles. The van der Waals surface area contributed by atoms with Crippen molar-refractivity contribution in [3.63, 3.8) is 0 Å². The third-order valence-corrected chi connectivity index (χ3v) is 5.87. The highest BCUT2D eigenvalue weighted by molar-refractivity contribution is 5.94. The predicted octanol–water partition coefficient (Wildman–Crippen LogP) is 4.40. The Morgan fingerprint density at radius 3 is 2.35 bits per heavy atom. The number of carbonyl (C=O) groups is 2. The van der Waals surface area contributed by atoms with Crippen molar-refractivity contribution in [1.29, 1.82) is 0 Å². The van der Waals surface area contributed by atoms with E-state index in [0.717, 1.165) is 24.8 Å². The lowest BCUT2D eigenvalue weighted by Crippen LogP contribution is -2.47. The molecule has 1 aromatic heterocycles. The zero-order chi connectivity index (χ0) is 21.5. The quantitative estimate of drug-likeness (QED) is 0.574. The molecule has 160 valence electrons. The van der Waals surface area contributed by atoms with E-state index in [4.69, 9.17) is 4.42 Å². The smallest absolute Gasteiger partial charge is 0.257 e. The van der Waals surface area contributed by atoms with E-state index in [1.165, 1.54) is 18.1 Å². The van der Waals surface area contributed by atoms with E-state index in [0.29, 0.717) is 31.7 Å². The highest BCUT2D eigenvalue weighted by Crippen LogP contribution is 2.22. The summed E-state index contributed by atoms with van der Waals surface area (Å²) >= 11 is 0. The van der Waals surface area contributed by atoms with Gasteiger partial charge in [-0.05, 0) is 36.5 Å². The fourth-order valence-electron chi connectivity index (χ4n) is 4.17. The third-order valence-electron chi connectivity index (χ3n) is 5.87. The lowest BCUT2D eigenvalue weighted by atomic mass is 9.95. The molecule has 3 aromatic rings. The molecule has 0 spiro atoms. The van der Waals surface area contributed by atoms with Crippen molar-refractivity contribution in [3.05, 3.63) is 95.9 Å². The molecular formula is C26H28N2O3. The molecule has 5 heteroatoms. The van der Waals surface area contributed by atoms with Gasteiger partial charge in [-0.2, -0.15) is 0 Å². The Labute approximate surface area is 183 Å². The Kier molecular flexibility index (Phi) is 6.82. The van der Waals surface area contributed by atoms with Gasteiger partial charge in [0.1, 0.15) is 6.26 Å². The lowest BCUT2D eigenvalue weighted by Gasteiger charge is -2.35. The number of nitrogens with zero attached hydrogens (tertiary/aromatic N) is 2. The van der Waals surface area contributed by atoms with E-state index in [9.17, 15) is 9.59 Å². The SMILES string of the molecule is O=C(c1ccoc1)N1CCCC(C(=O)N(CCc2ccccc2)Cc2ccccc2)C1. The Morgan fingerprint density at radius 1 is 0.968 bits per heavy atom. The molecule has 0 N–H and O–H groups in total. The molecule has 1 fully saturated rings. The minimum absolute atomic E-state index is 0.0647. The van der Waals surface area contributed by atoms with Crippen molar-refractivity contribution < 1.29 is 14.0 Å². The number of carbonyl (C=O) groups excluding carboxylic acids is 2. The van der Waals surface area contributed by atoms with Gasteiger partial charge in [-0.15, -0.1) is 0 Å². The minimum atomic E-state index is -0.177. The second kappa shape index (κ2) is 10.1.